The number of aryl methyl sites for hydroxylation is 1. The number of hydrogen-bond acceptors (Lipinski definition) is 4. The van der Waals surface area contributed by atoms with E-state index in [2.05, 4.69) is 69.1 Å². The Hall–Kier alpha value is -1.69. The summed E-state index contributed by atoms with van der Waals surface area (Å²) in [6.45, 7) is 6.21. The average Bonchev–Trinajstić information content (AvgIpc) is 3.53. The van der Waals surface area contributed by atoms with E-state index in [4.69, 9.17) is 11.6 Å². The Balaban J connectivity index is 1.15. The van der Waals surface area contributed by atoms with Crippen LogP contribution in [0.5, 0.6) is 0 Å². The number of aliphatic hydroxyl groups is 1. The molecule has 2 unspecified atom stereocenters. The third-order valence-corrected chi connectivity index (χ3v) is 9.14. The average molecular weight is 509 g/mol. The summed E-state index contributed by atoms with van der Waals surface area (Å²) in [7, 11) is 0. The van der Waals surface area contributed by atoms with Crippen LogP contribution in [0.3, 0.4) is 0 Å². The SMILES string of the molecule is OC1(CCCc2ccccc2)CCN(CC2CN(Cc3ccccc3Cl)CC2c2ccsc2)CC1. The number of piperidine rings is 1. The first-order chi connectivity index (χ1) is 17.1. The molecule has 2 saturated heterocycles. The molecule has 3 aromatic rings. The summed E-state index contributed by atoms with van der Waals surface area (Å²) in [6.07, 6.45) is 4.79. The molecule has 2 fully saturated rings. The van der Waals surface area contributed by atoms with Crippen molar-refractivity contribution in [2.45, 2.75) is 50.2 Å². The van der Waals surface area contributed by atoms with E-state index in [1.807, 2.05) is 12.1 Å². The molecule has 35 heavy (non-hydrogen) atoms. The molecule has 186 valence electrons. The normalized spacial score (nSPS) is 23.0. The van der Waals surface area contributed by atoms with Gasteiger partial charge in [-0.2, -0.15) is 11.3 Å². The van der Waals surface area contributed by atoms with Crippen LogP contribution in [0.4, 0.5) is 0 Å². The number of halogens is 1. The van der Waals surface area contributed by atoms with Gasteiger partial charge in [0, 0.05) is 50.2 Å². The molecule has 3 heterocycles. The molecule has 2 atom stereocenters. The van der Waals surface area contributed by atoms with E-state index < -0.39 is 5.60 Å². The third kappa shape index (κ3) is 6.55. The van der Waals surface area contributed by atoms with Gasteiger partial charge in [-0.1, -0.05) is 60.1 Å². The third-order valence-electron chi connectivity index (χ3n) is 8.07. The molecule has 5 heteroatoms. The zero-order valence-corrected chi connectivity index (χ0v) is 22.1. The highest BCUT2D eigenvalue weighted by atomic mass is 35.5. The van der Waals surface area contributed by atoms with Crippen molar-refractivity contribution in [3.63, 3.8) is 0 Å². The topological polar surface area (TPSA) is 26.7 Å². The number of rotatable bonds is 9. The Bertz CT molecular complexity index is 1050. The van der Waals surface area contributed by atoms with Gasteiger partial charge in [-0.05, 0) is 77.6 Å². The fraction of sp³-hybridized carbons (Fsp3) is 0.467. The number of hydrogen-bond donors (Lipinski definition) is 1. The molecular weight excluding hydrogens is 472 g/mol. The van der Waals surface area contributed by atoms with Gasteiger partial charge in [0.2, 0.25) is 0 Å². The maximum atomic E-state index is 11.2. The van der Waals surface area contributed by atoms with Crippen molar-refractivity contribution in [3.8, 4) is 0 Å². The molecule has 0 spiro atoms. The maximum absolute atomic E-state index is 11.2. The van der Waals surface area contributed by atoms with Crippen molar-refractivity contribution in [3.05, 3.63) is 93.1 Å². The maximum Gasteiger partial charge on any atom is 0.0672 e. The highest BCUT2D eigenvalue weighted by Gasteiger charge is 2.37. The molecule has 0 aliphatic carbocycles. The number of likely N-dealkylation sites (tertiary alicyclic amines) is 2. The Morgan fingerprint density at radius 1 is 0.943 bits per heavy atom. The first-order valence-electron chi connectivity index (χ1n) is 13.0. The van der Waals surface area contributed by atoms with E-state index in [-0.39, 0.29) is 0 Å². The van der Waals surface area contributed by atoms with E-state index in [0.29, 0.717) is 11.8 Å². The number of benzene rings is 2. The van der Waals surface area contributed by atoms with Gasteiger partial charge in [0.05, 0.1) is 5.60 Å². The van der Waals surface area contributed by atoms with Crippen molar-refractivity contribution >= 4 is 22.9 Å². The first-order valence-corrected chi connectivity index (χ1v) is 14.4. The molecule has 1 N–H and O–H groups in total. The second-order valence-corrected chi connectivity index (χ2v) is 11.8. The fourth-order valence-corrected chi connectivity index (χ4v) is 6.93. The van der Waals surface area contributed by atoms with Gasteiger partial charge in [0.15, 0.2) is 0 Å². The van der Waals surface area contributed by atoms with Crippen molar-refractivity contribution in [1.82, 2.24) is 9.80 Å². The second-order valence-electron chi connectivity index (χ2n) is 10.6. The van der Waals surface area contributed by atoms with Crippen LogP contribution >= 0.6 is 22.9 Å². The van der Waals surface area contributed by atoms with Crippen LogP contribution in [0.1, 0.15) is 48.3 Å². The Morgan fingerprint density at radius 3 is 2.46 bits per heavy atom. The minimum absolute atomic E-state index is 0.496. The Morgan fingerprint density at radius 2 is 1.71 bits per heavy atom. The van der Waals surface area contributed by atoms with Crippen LogP contribution in [-0.2, 0) is 13.0 Å². The zero-order chi connectivity index (χ0) is 24.1. The van der Waals surface area contributed by atoms with Gasteiger partial charge in [-0.15, -0.1) is 0 Å². The van der Waals surface area contributed by atoms with Crippen molar-refractivity contribution in [2.24, 2.45) is 5.92 Å². The molecule has 3 nitrogen and oxygen atoms in total. The molecular formula is C30H37ClN2OS. The lowest BCUT2D eigenvalue weighted by Gasteiger charge is -2.39. The number of nitrogens with zero attached hydrogens (tertiary/aromatic N) is 2. The van der Waals surface area contributed by atoms with E-state index in [1.165, 1.54) is 16.7 Å². The summed E-state index contributed by atoms with van der Waals surface area (Å²) in [5, 5.41) is 16.6. The Labute approximate surface area is 219 Å². The summed E-state index contributed by atoms with van der Waals surface area (Å²) >= 11 is 8.27. The highest BCUT2D eigenvalue weighted by Crippen LogP contribution is 2.37. The van der Waals surface area contributed by atoms with Crippen LogP contribution in [-0.4, -0.2) is 53.2 Å². The van der Waals surface area contributed by atoms with Gasteiger partial charge in [0.1, 0.15) is 0 Å². The molecule has 0 radical (unpaired) electrons. The van der Waals surface area contributed by atoms with Crippen LogP contribution < -0.4 is 0 Å². The largest absolute Gasteiger partial charge is 0.390 e. The van der Waals surface area contributed by atoms with Crippen LogP contribution in [0.2, 0.25) is 5.02 Å². The molecule has 0 amide bonds. The molecule has 5 rings (SSSR count). The molecule has 2 aromatic carbocycles. The van der Waals surface area contributed by atoms with Crippen LogP contribution in [0.15, 0.2) is 71.4 Å². The van der Waals surface area contributed by atoms with Gasteiger partial charge >= 0.3 is 0 Å². The van der Waals surface area contributed by atoms with E-state index >= 15 is 0 Å². The first kappa shape index (κ1) is 25.0. The van der Waals surface area contributed by atoms with Crippen molar-refractivity contribution in [2.75, 3.05) is 32.7 Å². The smallest absolute Gasteiger partial charge is 0.0672 e. The lowest BCUT2D eigenvalue weighted by molar-refractivity contribution is -0.0316. The van der Waals surface area contributed by atoms with Crippen LogP contribution in [0, 0.1) is 5.92 Å². The quantitative estimate of drug-likeness (QED) is 0.359. The van der Waals surface area contributed by atoms with Crippen molar-refractivity contribution in [1.29, 1.82) is 0 Å². The monoisotopic (exact) mass is 508 g/mol. The van der Waals surface area contributed by atoms with Gasteiger partial charge in [-0.25, -0.2) is 0 Å². The molecule has 2 aliphatic heterocycles. The van der Waals surface area contributed by atoms with E-state index in [9.17, 15) is 5.11 Å². The fourth-order valence-electron chi connectivity index (χ4n) is 6.01. The van der Waals surface area contributed by atoms with Crippen molar-refractivity contribution < 1.29 is 5.11 Å². The van der Waals surface area contributed by atoms with Crippen LogP contribution in [0.25, 0.3) is 0 Å². The predicted molar refractivity (Wildman–Crippen MR) is 147 cm³/mol. The van der Waals surface area contributed by atoms with Gasteiger partial charge < -0.3 is 10.0 Å². The lowest BCUT2D eigenvalue weighted by Crippen LogP contribution is -2.46. The standard InChI is InChI=1S/C30H37ClN2OS/c31-29-11-5-4-10-25(29)19-33-21-27(28(22-33)26-12-18-35-23-26)20-32-16-14-30(34,15-17-32)13-6-9-24-7-2-1-3-8-24/h1-5,7-8,10-12,18,23,27-28,34H,6,9,13-17,19-22H2. The molecule has 0 bridgehead atoms. The lowest BCUT2D eigenvalue weighted by atomic mass is 9.84. The predicted octanol–water partition coefficient (Wildman–Crippen LogP) is 6.47. The Kier molecular flexibility index (Phi) is 8.26. The summed E-state index contributed by atoms with van der Waals surface area (Å²) in [5.74, 6) is 1.17. The summed E-state index contributed by atoms with van der Waals surface area (Å²) in [6, 6.07) is 21.2. The molecule has 1 aromatic heterocycles. The minimum Gasteiger partial charge on any atom is -0.390 e. The number of thiophene rings is 1. The summed E-state index contributed by atoms with van der Waals surface area (Å²) in [4.78, 5) is 5.19. The van der Waals surface area contributed by atoms with Gasteiger partial charge in [-0.3, -0.25) is 4.90 Å². The highest BCUT2D eigenvalue weighted by molar-refractivity contribution is 7.08. The second kappa shape index (κ2) is 11.6. The minimum atomic E-state index is -0.496. The molecule has 2 aliphatic rings. The van der Waals surface area contributed by atoms with Gasteiger partial charge in [0.25, 0.3) is 0 Å². The molecule has 0 saturated carbocycles. The zero-order valence-electron chi connectivity index (χ0n) is 20.5. The van der Waals surface area contributed by atoms with E-state index in [1.54, 1.807) is 11.3 Å². The van der Waals surface area contributed by atoms with E-state index in [0.717, 1.165) is 76.4 Å². The summed E-state index contributed by atoms with van der Waals surface area (Å²) in [5.41, 5.74) is 3.58. The summed E-state index contributed by atoms with van der Waals surface area (Å²) < 4.78 is 0.